The third kappa shape index (κ3) is 2.23. The van der Waals surface area contributed by atoms with Gasteiger partial charge in [0, 0.05) is 12.6 Å². The van der Waals surface area contributed by atoms with Gasteiger partial charge < -0.3 is 9.80 Å². The largest absolute Gasteiger partial charge is 0.329 e. The number of piperazine rings is 1. The van der Waals surface area contributed by atoms with Crippen molar-refractivity contribution in [2.45, 2.75) is 70.9 Å². The molecule has 0 N–H and O–H groups in total. The molecule has 4 nitrogen and oxygen atoms in total. The van der Waals surface area contributed by atoms with Gasteiger partial charge in [0.05, 0.1) is 0 Å². The summed E-state index contributed by atoms with van der Waals surface area (Å²) in [4.78, 5) is 29.0. The van der Waals surface area contributed by atoms with Gasteiger partial charge in [0.25, 0.3) is 0 Å². The fourth-order valence-electron chi connectivity index (χ4n) is 4.31. The second-order valence-electron chi connectivity index (χ2n) is 7.32. The van der Waals surface area contributed by atoms with Crippen molar-refractivity contribution in [1.29, 1.82) is 0 Å². The average molecular weight is 278 g/mol. The van der Waals surface area contributed by atoms with Crippen LogP contribution in [0.3, 0.4) is 0 Å². The van der Waals surface area contributed by atoms with Gasteiger partial charge in [0.1, 0.15) is 12.6 Å². The van der Waals surface area contributed by atoms with Crippen LogP contribution in [0.25, 0.3) is 0 Å². The predicted octanol–water partition coefficient (Wildman–Crippen LogP) is 2.18. The van der Waals surface area contributed by atoms with Crippen molar-refractivity contribution in [2.75, 3.05) is 13.1 Å². The summed E-state index contributed by atoms with van der Waals surface area (Å²) in [6.45, 7) is 5.59. The zero-order chi connectivity index (χ0) is 14.3. The maximum absolute atomic E-state index is 12.8. The summed E-state index contributed by atoms with van der Waals surface area (Å²) >= 11 is 0. The highest BCUT2D eigenvalue weighted by Crippen LogP contribution is 2.40. The summed E-state index contributed by atoms with van der Waals surface area (Å²) in [5.41, 5.74) is 0.144. The van der Waals surface area contributed by atoms with E-state index in [0.29, 0.717) is 6.54 Å². The van der Waals surface area contributed by atoms with Gasteiger partial charge in [-0.3, -0.25) is 9.59 Å². The van der Waals surface area contributed by atoms with Crippen LogP contribution in [-0.2, 0) is 9.59 Å². The van der Waals surface area contributed by atoms with E-state index in [1.165, 1.54) is 12.8 Å². The number of carbonyl (C=O) groups is 2. The Balaban J connectivity index is 1.83. The van der Waals surface area contributed by atoms with E-state index in [1.54, 1.807) is 0 Å². The van der Waals surface area contributed by atoms with Crippen LogP contribution >= 0.6 is 0 Å². The maximum Gasteiger partial charge on any atom is 0.246 e. The summed E-state index contributed by atoms with van der Waals surface area (Å²) in [6, 6.07) is 0.0829. The molecule has 2 atom stereocenters. The van der Waals surface area contributed by atoms with Gasteiger partial charge in [0.15, 0.2) is 0 Å². The van der Waals surface area contributed by atoms with Gasteiger partial charge in [-0.1, -0.05) is 26.7 Å². The SMILES string of the molecule is CC1(C)CCCCC1N1CC(=O)N2CCCCC2C1=O. The molecule has 3 fully saturated rings. The van der Waals surface area contributed by atoms with E-state index in [2.05, 4.69) is 13.8 Å². The molecule has 2 amide bonds. The van der Waals surface area contributed by atoms with Crippen molar-refractivity contribution in [1.82, 2.24) is 9.80 Å². The van der Waals surface area contributed by atoms with Crippen molar-refractivity contribution in [3.05, 3.63) is 0 Å². The average Bonchev–Trinajstić information content (AvgIpc) is 2.43. The summed E-state index contributed by atoms with van der Waals surface area (Å²) in [7, 11) is 0. The number of piperidine rings is 1. The third-order valence-corrected chi connectivity index (χ3v) is 5.52. The van der Waals surface area contributed by atoms with Crippen LogP contribution in [-0.4, -0.2) is 46.8 Å². The molecule has 0 radical (unpaired) electrons. The molecule has 3 aliphatic rings. The number of fused-ring (bicyclic) bond motifs is 1. The first-order valence-corrected chi connectivity index (χ1v) is 8.11. The molecular formula is C16H26N2O2. The van der Waals surface area contributed by atoms with E-state index in [-0.39, 0.29) is 29.3 Å². The third-order valence-electron chi connectivity index (χ3n) is 5.52. The summed E-state index contributed by atoms with van der Waals surface area (Å²) in [5, 5.41) is 0. The van der Waals surface area contributed by atoms with Crippen LogP contribution in [0.5, 0.6) is 0 Å². The van der Waals surface area contributed by atoms with Crippen molar-refractivity contribution in [3.8, 4) is 0 Å². The molecule has 0 aromatic rings. The Morgan fingerprint density at radius 2 is 1.75 bits per heavy atom. The molecule has 2 saturated heterocycles. The summed E-state index contributed by atoms with van der Waals surface area (Å²) < 4.78 is 0. The van der Waals surface area contributed by atoms with Gasteiger partial charge in [-0.25, -0.2) is 0 Å². The minimum Gasteiger partial charge on any atom is -0.329 e. The smallest absolute Gasteiger partial charge is 0.246 e. The quantitative estimate of drug-likeness (QED) is 0.737. The molecule has 4 heteroatoms. The Kier molecular flexibility index (Phi) is 3.51. The standard InChI is InChI=1S/C16H26N2O2/c1-16(2)9-5-3-8-13(16)18-11-14(19)17-10-6-4-7-12(17)15(18)20/h12-13H,3-11H2,1-2H3. The lowest BCUT2D eigenvalue weighted by Gasteiger charge is -2.50. The summed E-state index contributed by atoms with van der Waals surface area (Å²) in [5.74, 6) is 0.375. The molecule has 2 unspecified atom stereocenters. The van der Waals surface area contributed by atoms with Crippen LogP contribution < -0.4 is 0 Å². The van der Waals surface area contributed by atoms with Crippen LogP contribution in [0.1, 0.15) is 58.8 Å². The highest BCUT2D eigenvalue weighted by atomic mass is 16.2. The predicted molar refractivity (Wildman–Crippen MR) is 77.1 cm³/mol. The van der Waals surface area contributed by atoms with E-state index in [0.717, 1.165) is 38.6 Å². The van der Waals surface area contributed by atoms with E-state index in [4.69, 9.17) is 0 Å². The molecule has 0 bridgehead atoms. The Morgan fingerprint density at radius 3 is 2.50 bits per heavy atom. The highest BCUT2D eigenvalue weighted by Gasteiger charge is 2.46. The van der Waals surface area contributed by atoms with Crippen molar-refractivity contribution in [3.63, 3.8) is 0 Å². The molecule has 1 saturated carbocycles. The molecule has 2 aliphatic heterocycles. The number of amides is 2. The lowest BCUT2D eigenvalue weighted by molar-refractivity contribution is -0.163. The van der Waals surface area contributed by atoms with Crippen molar-refractivity contribution in [2.24, 2.45) is 5.41 Å². The lowest BCUT2D eigenvalue weighted by Crippen LogP contribution is -2.65. The fraction of sp³-hybridized carbons (Fsp3) is 0.875. The Labute approximate surface area is 121 Å². The fourth-order valence-corrected chi connectivity index (χ4v) is 4.31. The van der Waals surface area contributed by atoms with Crippen molar-refractivity contribution < 1.29 is 9.59 Å². The van der Waals surface area contributed by atoms with Gasteiger partial charge in [0.2, 0.25) is 11.8 Å². The maximum atomic E-state index is 12.8. The topological polar surface area (TPSA) is 40.6 Å². The Morgan fingerprint density at radius 1 is 1.00 bits per heavy atom. The number of hydrogen-bond acceptors (Lipinski definition) is 2. The number of rotatable bonds is 1. The molecule has 1 aliphatic carbocycles. The van der Waals surface area contributed by atoms with E-state index in [1.807, 2.05) is 9.80 Å². The minimum atomic E-state index is -0.164. The van der Waals surface area contributed by atoms with Crippen LogP contribution in [0.2, 0.25) is 0 Å². The first kappa shape index (κ1) is 13.9. The van der Waals surface area contributed by atoms with Gasteiger partial charge >= 0.3 is 0 Å². The molecule has 0 aromatic carbocycles. The normalized spacial score (nSPS) is 34.1. The van der Waals surface area contributed by atoms with Crippen LogP contribution in [0, 0.1) is 5.41 Å². The molecular weight excluding hydrogens is 252 g/mol. The molecule has 0 spiro atoms. The van der Waals surface area contributed by atoms with E-state index >= 15 is 0 Å². The van der Waals surface area contributed by atoms with Gasteiger partial charge in [-0.2, -0.15) is 0 Å². The van der Waals surface area contributed by atoms with Gasteiger partial charge in [-0.05, 0) is 37.5 Å². The van der Waals surface area contributed by atoms with Gasteiger partial charge in [-0.15, -0.1) is 0 Å². The second kappa shape index (κ2) is 5.05. The Bertz CT molecular complexity index is 419. The zero-order valence-corrected chi connectivity index (χ0v) is 12.7. The Hall–Kier alpha value is -1.06. The molecule has 2 heterocycles. The lowest BCUT2D eigenvalue weighted by atomic mass is 9.72. The zero-order valence-electron chi connectivity index (χ0n) is 12.7. The van der Waals surface area contributed by atoms with Crippen LogP contribution in [0.4, 0.5) is 0 Å². The number of carbonyl (C=O) groups excluding carboxylic acids is 2. The highest BCUT2D eigenvalue weighted by molar-refractivity contribution is 5.95. The number of nitrogens with zero attached hydrogens (tertiary/aromatic N) is 2. The monoisotopic (exact) mass is 278 g/mol. The van der Waals surface area contributed by atoms with Crippen molar-refractivity contribution >= 4 is 11.8 Å². The molecule has 20 heavy (non-hydrogen) atoms. The molecule has 3 rings (SSSR count). The summed E-state index contributed by atoms with van der Waals surface area (Å²) in [6.07, 6.45) is 7.61. The first-order chi connectivity index (χ1) is 9.50. The first-order valence-electron chi connectivity index (χ1n) is 8.11. The second-order valence-corrected chi connectivity index (χ2v) is 7.32. The van der Waals surface area contributed by atoms with E-state index in [9.17, 15) is 9.59 Å². The van der Waals surface area contributed by atoms with Crippen LogP contribution in [0.15, 0.2) is 0 Å². The minimum absolute atomic E-state index is 0.144. The van der Waals surface area contributed by atoms with E-state index < -0.39 is 0 Å². The molecule has 0 aromatic heterocycles. The number of hydrogen-bond donors (Lipinski definition) is 0. The molecule has 112 valence electrons.